The van der Waals surface area contributed by atoms with Crippen molar-refractivity contribution in [1.82, 2.24) is 14.7 Å². The van der Waals surface area contributed by atoms with Crippen LogP contribution in [-0.2, 0) is 16.1 Å². The topological polar surface area (TPSA) is 67.2 Å². The van der Waals surface area contributed by atoms with Gasteiger partial charge in [0.25, 0.3) is 0 Å². The van der Waals surface area contributed by atoms with Crippen molar-refractivity contribution in [3.8, 4) is 0 Å². The molecule has 0 saturated carbocycles. The van der Waals surface area contributed by atoms with E-state index < -0.39 is 0 Å². The van der Waals surface area contributed by atoms with Gasteiger partial charge in [-0.25, -0.2) is 0 Å². The van der Waals surface area contributed by atoms with E-state index in [0.29, 0.717) is 0 Å². The van der Waals surface area contributed by atoms with Crippen molar-refractivity contribution < 1.29 is 9.59 Å². The molecular formula is C15H18N4O2S. The molecule has 22 heavy (non-hydrogen) atoms. The Hall–Kier alpha value is -2.28. The molecule has 2 aromatic rings. The number of amides is 2. The number of anilines is 1. The summed E-state index contributed by atoms with van der Waals surface area (Å²) in [5.41, 5.74) is 0.757. The number of para-hydroxylation sites is 1. The first kappa shape index (κ1) is 16.1. The highest BCUT2D eigenvalue weighted by molar-refractivity contribution is 7.98. The summed E-state index contributed by atoms with van der Waals surface area (Å²) in [6.45, 7) is 0.126. The lowest BCUT2D eigenvalue weighted by atomic mass is 10.3. The molecule has 2 rings (SSSR count). The molecule has 116 valence electrons. The van der Waals surface area contributed by atoms with Crippen LogP contribution < -0.4 is 5.32 Å². The standard InChI is InChI=1S/C15H18N4O2S/c1-18(15(21)11-19-9-5-8-16-19)10-14(20)17-12-6-3-4-7-13(12)22-2/h3-9H,10-11H2,1-2H3,(H,17,20). The zero-order valence-electron chi connectivity index (χ0n) is 12.5. The van der Waals surface area contributed by atoms with Crippen LogP contribution >= 0.6 is 11.8 Å². The molecule has 7 heteroatoms. The van der Waals surface area contributed by atoms with E-state index in [0.717, 1.165) is 10.6 Å². The molecule has 1 heterocycles. The Morgan fingerprint density at radius 3 is 2.77 bits per heavy atom. The second-order valence-electron chi connectivity index (χ2n) is 4.70. The van der Waals surface area contributed by atoms with E-state index in [1.165, 1.54) is 9.58 Å². The highest BCUT2D eigenvalue weighted by atomic mass is 32.2. The molecule has 0 aliphatic rings. The average Bonchev–Trinajstić information content (AvgIpc) is 3.00. The summed E-state index contributed by atoms with van der Waals surface area (Å²) in [4.78, 5) is 26.4. The van der Waals surface area contributed by atoms with E-state index in [9.17, 15) is 9.59 Å². The molecule has 0 aliphatic heterocycles. The number of hydrogen-bond acceptors (Lipinski definition) is 4. The summed E-state index contributed by atoms with van der Waals surface area (Å²) in [5, 5.41) is 6.80. The second-order valence-corrected chi connectivity index (χ2v) is 5.55. The van der Waals surface area contributed by atoms with Crippen LogP contribution in [0.5, 0.6) is 0 Å². The summed E-state index contributed by atoms with van der Waals surface area (Å²) in [5.74, 6) is -0.394. The normalized spacial score (nSPS) is 10.3. The molecular weight excluding hydrogens is 300 g/mol. The van der Waals surface area contributed by atoms with Gasteiger partial charge in [0.05, 0.1) is 12.2 Å². The first-order valence-electron chi connectivity index (χ1n) is 6.74. The van der Waals surface area contributed by atoms with Gasteiger partial charge < -0.3 is 10.2 Å². The molecule has 0 fully saturated rings. The fraction of sp³-hybridized carbons (Fsp3) is 0.267. The molecule has 1 aromatic carbocycles. The Kier molecular flexibility index (Phi) is 5.60. The quantitative estimate of drug-likeness (QED) is 0.823. The van der Waals surface area contributed by atoms with Crippen molar-refractivity contribution in [1.29, 1.82) is 0 Å². The van der Waals surface area contributed by atoms with Gasteiger partial charge in [-0.1, -0.05) is 12.1 Å². The Bertz CT molecular complexity index is 643. The number of likely N-dealkylation sites (N-methyl/N-ethyl adjacent to an activating group) is 1. The van der Waals surface area contributed by atoms with Crippen molar-refractivity contribution in [3.63, 3.8) is 0 Å². The third kappa shape index (κ3) is 4.36. The summed E-state index contributed by atoms with van der Waals surface area (Å²) in [7, 11) is 1.60. The molecule has 0 unspecified atom stereocenters. The van der Waals surface area contributed by atoms with Gasteiger partial charge in [-0.15, -0.1) is 11.8 Å². The van der Waals surface area contributed by atoms with Gasteiger partial charge in [0.15, 0.2) is 0 Å². The maximum Gasteiger partial charge on any atom is 0.244 e. The van der Waals surface area contributed by atoms with E-state index in [-0.39, 0.29) is 24.9 Å². The van der Waals surface area contributed by atoms with Crippen LogP contribution in [-0.4, -0.2) is 46.3 Å². The maximum absolute atomic E-state index is 12.1. The highest BCUT2D eigenvalue weighted by Gasteiger charge is 2.14. The van der Waals surface area contributed by atoms with Crippen LogP contribution in [0.15, 0.2) is 47.6 Å². The minimum absolute atomic E-state index is 0.00279. The largest absolute Gasteiger partial charge is 0.335 e. The summed E-state index contributed by atoms with van der Waals surface area (Å²) < 4.78 is 1.53. The molecule has 0 atom stereocenters. The van der Waals surface area contributed by atoms with Crippen molar-refractivity contribution in [2.24, 2.45) is 0 Å². The van der Waals surface area contributed by atoms with Gasteiger partial charge in [-0.3, -0.25) is 14.3 Å². The first-order chi connectivity index (χ1) is 10.6. The van der Waals surface area contributed by atoms with Crippen molar-refractivity contribution >= 4 is 29.3 Å². The number of hydrogen-bond donors (Lipinski definition) is 1. The number of carbonyl (C=O) groups is 2. The van der Waals surface area contributed by atoms with E-state index in [2.05, 4.69) is 10.4 Å². The van der Waals surface area contributed by atoms with Crippen LogP contribution in [0, 0.1) is 0 Å². The fourth-order valence-electron chi connectivity index (χ4n) is 1.89. The van der Waals surface area contributed by atoms with Gasteiger partial charge in [-0.05, 0) is 24.5 Å². The van der Waals surface area contributed by atoms with Crippen molar-refractivity contribution in [2.45, 2.75) is 11.4 Å². The minimum Gasteiger partial charge on any atom is -0.335 e. The van der Waals surface area contributed by atoms with Crippen LogP contribution in [0.2, 0.25) is 0 Å². The molecule has 0 saturated heterocycles. The van der Waals surface area contributed by atoms with Gasteiger partial charge in [-0.2, -0.15) is 5.10 Å². The third-order valence-electron chi connectivity index (χ3n) is 3.04. The van der Waals surface area contributed by atoms with Crippen LogP contribution in [0.25, 0.3) is 0 Å². The third-order valence-corrected chi connectivity index (χ3v) is 3.84. The summed E-state index contributed by atoms with van der Waals surface area (Å²) in [6.07, 6.45) is 5.27. The highest BCUT2D eigenvalue weighted by Crippen LogP contribution is 2.24. The maximum atomic E-state index is 12.1. The number of rotatable bonds is 6. The lowest BCUT2D eigenvalue weighted by molar-refractivity contribution is -0.134. The van der Waals surface area contributed by atoms with Crippen molar-refractivity contribution in [2.75, 3.05) is 25.2 Å². The van der Waals surface area contributed by atoms with Crippen LogP contribution in [0.1, 0.15) is 0 Å². The van der Waals surface area contributed by atoms with Gasteiger partial charge in [0.1, 0.15) is 6.54 Å². The van der Waals surface area contributed by atoms with E-state index >= 15 is 0 Å². The Morgan fingerprint density at radius 1 is 1.32 bits per heavy atom. The Balaban J connectivity index is 1.89. The molecule has 2 amide bonds. The summed E-state index contributed by atoms with van der Waals surface area (Å²) >= 11 is 1.56. The number of thioether (sulfide) groups is 1. The van der Waals surface area contributed by atoms with Crippen molar-refractivity contribution in [3.05, 3.63) is 42.7 Å². The molecule has 0 bridgehead atoms. The minimum atomic E-state index is -0.224. The second kappa shape index (κ2) is 7.65. The number of nitrogens with one attached hydrogen (secondary N) is 1. The lowest BCUT2D eigenvalue weighted by Crippen LogP contribution is -2.37. The predicted octanol–water partition coefficient (Wildman–Crippen LogP) is 1.70. The summed E-state index contributed by atoms with van der Waals surface area (Å²) in [6, 6.07) is 9.31. The number of benzene rings is 1. The lowest BCUT2D eigenvalue weighted by Gasteiger charge is -2.17. The van der Waals surface area contributed by atoms with Crippen LogP contribution in [0.3, 0.4) is 0 Å². The monoisotopic (exact) mass is 318 g/mol. The number of carbonyl (C=O) groups excluding carboxylic acids is 2. The molecule has 0 spiro atoms. The Labute approximate surface area is 133 Å². The molecule has 1 aromatic heterocycles. The van der Waals surface area contributed by atoms with E-state index in [4.69, 9.17) is 0 Å². The smallest absolute Gasteiger partial charge is 0.244 e. The van der Waals surface area contributed by atoms with E-state index in [1.54, 1.807) is 37.3 Å². The van der Waals surface area contributed by atoms with Crippen LogP contribution in [0.4, 0.5) is 5.69 Å². The zero-order valence-corrected chi connectivity index (χ0v) is 13.3. The predicted molar refractivity (Wildman–Crippen MR) is 86.7 cm³/mol. The van der Waals surface area contributed by atoms with Gasteiger partial charge in [0, 0.05) is 24.3 Å². The molecule has 0 radical (unpaired) electrons. The number of nitrogens with zero attached hydrogens (tertiary/aromatic N) is 3. The Morgan fingerprint density at radius 2 is 2.09 bits per heavy atom. The molecule has 6 nitrogen and oxygen atoms in total. The first-order valence-corrected chi connectivity index (χ1v) is 7.97. The SMILES string of the molecule is CSc1ccccc1NC(=O)CN(C)C(=O)Cn1cccn1. The van der Waals surface area contributed by atoms with E-state index in [1.807, 2.05) is 30.5 Å². The molecule has 0 aliphatic carbocycles. The van der Waals surface area contributed by atoms with Gasteiger partial charge >= 0.3 is 0 Å². The average molecular weight is 318 g/mol. The zero-order chi connectivity index (χ0) is 15.9. The number of aromatic nitrogens is 2. The van der Waals surface area contributed by atoms with Gasteiger partial charge in [0.2, 0.25) is 11.8 Å². The fourth-order valence-corrected chi connectivity index (χ4v) is 2.45. The molecule has 1 N–H and O–H groups in total.